The first kappa shape index (κ1) is 85.5. The Morgan fingerprint density at radius 2 is 1.31 bits per heavy atom. The second-order valence-corrected chi connectivity index (χ2v) is 26.0. The number of amides is 1. The molecule has 20 atom stereocenters. The van der Waals surface area contributed by atoms with Gasteiger partial charge in [-0.3, -0.25) is 14.4 Å². The van der Waals surface area contributed by atoms with Crippen LogP contribution >= 0.6 is 11.6 Å². The van der Waals surface area contributed by atoms with Crippen molar-refractivity contribution in [3.63, 3.8) is 0 Å². The molecule has 4 aromatic heterocycles. The molecule has 0 aliphatic carbocycles. The van der Waals surface area contributed by atoms with Crippen LogP contribution in [0.2, 0.25) is 0 Å². The Labute approximate surface area is 624 Å². The average molecular weight is 1580 g/mol. The summed E-state index contributed by atoms with van der Waals surface area (Å²) in [7, 11) is 1.58. The van der Waals surface area contributed by atoms with Gasteiger partial charge in [0.25, 0.3) is 11.8 Å². The van der Waals surface area contributed by atoms with Crippen LogP contribution < -0.4 is 26.8 Å². The Bertz CT molecular complexity index is 4450. The second-order valence-electron chi connectivity index (χ2n) is 25.2. The van der Waals surface area contributed by atoms with E-state index in [4.69, 9.17) is 79.6 Å². The number of alkyl halides is 5. The SMILES string of the molecule is C#C[C@@]1(O)[C@H](O)[C@@H](CO)O[C@H]1n1ccc2c(N)ccnc21.C=C1N=C(N)C(F)=CN1[C@@H]1O[C@@](CO)(CN=[N+]=[N-])[C@@H](O)[C@H]1F.C=C1NC(=NC)C=CN1[C@@H]1O[C@@](CO)(CN=[N+]=[N-])[C@@H](O)[C@H]1F.C=C1NC(=O)C=CN1[C@@H]1O[C@](F)(CO)[C@@H](O)[C@@]1(C)Cl.CCOc1nc(C)nc2c1ncn2[C@@H]1O[C@@](CO)(CN=[N+]=[N-])[C@@H](O)[C@H]1F. The summed E-state index contributed by atoms with van der Waals surface area (Å²) in [4.78, 5) is 45.0. The largest absolute Gasteiger partial charge is 0.476 e. The number of anilines is 1. The number of fused-ring (bicyclic) bond motifs is 2. The first-order valence-electron chi connectivity index (χ1n) is 32.5. The maximum Gasteiger partial charge on any atom is 0.262 e. The lowest BCUT2D eigenvalue weighted by Crippen LogP contribution is -2.51. The van der Waals surface area contributed by atoms with E-state index in [1.54, 1.807) is 45.3 Å². The fourth-order valence-corrected chi connectivity index (χ4v) is 12.5. The molecule has 8 aliphatic heterocycles. The van der Waals surface area contributed by atoms with Gasteiger partial charge in [0.2, 0.25) is 5.88 Å². The van der Waals surface area contributed by atoms with E-state index >= 15 is 0 Å². The molecule has 12 heterocycles. The zero-order chi connectivity index (χ0) is 81.3. The Morgan fingerprint density at radius 3 is 1.81 bits per heavy atom. The number of nitrogens with zero attached hydrogens (tertiary/aromatic N) is 20. The van der Waals surface area contributed by atoms with Crippen molar-refractivity contribution in [3.05, 3.63) is 142 Å². The maximum absolute atomic E-state index is 14.8. The summed E-state index contributed by atoms with van der Waals surface area (Å²) in [5.74, 6) is -0.708. The zero-order valence-corrected chi connectivity index (χ0v) is 59.3. The number of hydrogen-bond donors (Lipinski definition) is 15. The van der Waals surface area contributed by atoms with Crippen molar-refractivity contribution >= 4 is 57.1 Å². The van der Waals surface area contributed by atoms with E-state index in [0.29, 0.717) is 46.3 Å². The first-order chi connectivity index (χ1) is 52.1. The number of aliphatic hydroxyl groups excluding tert-OH is 10. The molecular formula is C62H78ClF5N24O18. The quantitative estimate of drug-likeness (QED) is 0.0154. The van der Waals surface area contributed by atoms with Crippen LogP contribution in [0.15, 0.2) is 130 Å². The Balaban J connectivity index is 0.000000173. The van der Waals surface area contributed by atoms with Crippen molar-refractivity contribution in [3.8, 4) is 18.2 Å². The van der Waals surface area contributed by atoms with Crippen LogP contribution in [0.3, 0.4) is 0 Å². The van der Waals surface area contributed by atoms with E-state index in [1.807, 2.05) is 0 Å². The third kappa shape index (κ3) is 16.4. The number of rotatable bonds is 18. The predicted molar refractivity (Wildman–Crippen MR) is 373 cm³/mol. The number of azide groups is 3. The lowest BCUT2D eigenvalue weighted by molar-refractivity contribution is -0.209. The molecule has 0 saturated carbocycles. The summed E-state index contributed by atoms with van der Waals surface area (Å²) >= 11 is 6.13. The summed E-state index contributed by atoms with van der Waals surface area (Å²) in [6.45, 7) is 11.0. The highest BCUT2D eigenvalue weighted by Crippen LogP contribution is 2.47. The van der Waals surface area contributed by atoms with Gasteiger partial charge < -0.3 is 126 Å². The molecule has 17 N–H and O–H groups in total. The summed E-state index contributed by atoms with van der Waals surface area (Å²) in [6.07, 6.45) is -5.03. The van der Waals surface area contributed by atoms with Crippen molar-refractivity contribution in [2.75, 3.05) is 72.1 Å². The zero-order valence-electron chi connectivity index (χ0n) is 58.6. The highest BCUT2D eigenvalue weighted by molar-refractivity contribution is 6.25. The van der Waals surface area contributed by atoms with E-state index in [9.17, 15) is 77.8 Å². The number of carbonyl (C=O) groups excluding carboxylic acids is 1. The number of aliphatic hydroxyl groups is 11. The molecule has 12 rings (SSSR count). The van der Waals surface area contributed by atoms with Crippen LogP contribution in [0.1, 0.15) is 32.1 Å². The van der Waals surface area contributed by atoms with Crippen molar-refractivity contribution in [2.24, 2.45) is 31.1 Å². The molecule has 5 saturated heterocycles. The molecule has 0 bridgehead atoms. The number of carbonyl (C=O) groups is 1. The molecule has 0 aromatic carbocycles. The lowest BCUT2D eigenvalue weighted by atomic mass is 9.95. The molecule has 5 fully saturated rings. The molecule has 4 aromatic rings. The van der Waals surface area contributed by atoms with Crippen molar-refractivity contribution in [2.45, 2.75) is 140 Å². The second kappa shape index (κ2) is 34.8. The minimum Gasteiger partial charge on any atom is -0.476 e. The van der Waals surface area contributed by atoms with Gasteiger partial charge in [0.1, 0.15) is 99.7 Å². The van der Waals surface area contributed by atoms with Crippen LogP contribution in [-0.2, 0) is 28.5 Å². The van der Waals surface area contributed by atoms with Gasteiger partial charge in [-0.2, -0.15) is 4.98 Å². The van der Waals surface area contributed by atoms with Crippen molar-refractivity contribution in [1.82, 2.24) is 54.4 Å². The van der Waals surface area contributed by atoms with E-state index in [-0.39, 0.29) is 29.1 Å². The van der Waals surface area contributed by atoms with E-state index < -0.39 is 184 Å². The van der Waals surface area contributed by atoms with Gasteiger partial charge in [-0.05, 0) is 55.6 Å². The molecule has 48 heteroatoms. The normalized spacial score (nSPS) is 34.5. The predicted octanol–water partition coefficient (Wildman–Crippen LogP) is -0.149. The molecule has 0 unspecified atom stereocenters. The smallest absolute Gasteiger partial charge is 0.262 e. The van der Waals surface area contributed by atoms with Gasteiger partial charge in [0.15, 0.2) is 78.1 Å². The van der Waals surface area contributed by atoms with Gasteiger partial charge in [-0.25, -0.2) is 41.9 Å². The molecule has 0 spiro atoms. The van der Waals surface area contributed by atoms with E-state index in [1.165, 1.54) is 56.9 Å². The van der Waals surface area contributed by atoms with Gasteiger partial charge in [-0.15, -0.1) is 18.0 Å². The number of pyridine rings is 1. The number of hydrogen-bond acceptors (Lipinski definition) is 32. The summed E-state index contributed by atoms with van der Waals surface area (Å²) in [5, 5.41) is 123. The van der Waals surface area contributed by atoms with Crippen LogP contribution in [0, 0.1) is 19.3 Å². The number of imidazole rings is 1. The van der Waals surface area contributed by atoms with Crippen LogP contribution in [0.4, 0.5) is 27.6 Å². The third-order valence-electron chi connectivity index (χ3n) is 18.2. The lowest BCUT2D eigenvalue weighted by Gasteiger charge is -2.36. The minimum absolute atomic E-state index is 0.101. The molecule has 42 nitrogen and oxygen atoms in total. The number of aryl methyl sites for hydroxylation is 1. The van der Waals surface area contributed by atoms with Gasteiger partial charge in [-0.1, -0.05) is 41.0 Å². The summed E-state index contributed by atoms with van der Waals surface area (Å²) in [5.41, 5.74) is 30.7. The van der Waals surface area contributed by atoms with Crippen LogP contribution in [0.5, 0.6) is 5.88 Å². The fourth-order valence-electron chi connectivity index (χ4n) is 12.2. The highest BCUT2D eigenvalue weighted by atomic mass is 35.5. The summed E-state index contributed by atoms with van der Waals surface area (Å²) < 4.78 is 106. The summed E-state index contributed by atoms with van der Waals surface area (Å²) in [6, 6.07) is 3.37. The Morgan fingerprint density at radius 1 is 0.764 bits per heavy atom. The molecule has 0 radical (unpaired) electrons. The minimum atomic E-state index is -2.67. The van der Waals surface area contributed by atoms with Crippen LogP contribution in [-0.4, -0.2) is 291 Å². The fraction of sp³-hybridized carbons (Fsp3) is 0.532. The van der Waals surface area contributed by atoms with Crippen molar-refractivity contribution in [1.29, 1.82) is 0 Å². The average Bonchev–Trinajstić information content (AvgIpc) is 1.61. The Hall–Kier alpha value is -10.1. The number of nitrogens with two attached hydrogens (primary N) is 2. The number of ether oxygens (including phenoxy) is 6. The molecule has 596 valence electrons. The molecular weight excluding hydrogens is 1500 g/mol. The van der Waals surface area contributed by atoms with Gasteiger partial charge in [0.05, 0.1) is 59.0 Å². The number of nitrogens with one attached hydrogen (secondary N) is 2. The first-order valence-corrected chi connectivity index (χ1v) is 32.9. The number of terminal acetylenes is 1. The molecule has 8 aliphatic rings. The van der Waals surface area contributed by atoms with Gasteiger partial charge >= 0.3 is 0 Å². The van der Waals surface area contributed by atoms with Gasteiger partial charge in [0, 0.05) is 69.9 Å². The van der Waals surface area contributed by atoms with E-state index in [2.05, 4.69) is 96.3 Å². The maximum atomic E-state index is 14.8. The molecule has 110 heavy (non-hydrogen) atoms. The number of amidine groups is 2. The third-order valence-corrected chi connectivity index (χ3v) is 18.6. The molecule has 1 amide bonds. The number of halogens is 6. The van der Waals surface area contributed by atoms with Crippen molar-refractivity contribution < 1.29 is 111 Å². The number of nitrogen functional groups attached to an aromatic ring is 1. The van der Waals surface area contributed by atoms with Crippen LogP contribution in [0.25, 0.3) is 53.5 Å². The number of aliphatic imine (C=N–C) groups is 2. The highest BCUT2D eigenvalue weighted by Gasteiger charge is 2.64. The number of aromatic nitrogens is 6. The van der Waals surface area contributed by atoms with E-state index in [0.717, 1.165) is 11.1 Å². The monoisotopic (exact) mass is 1580 g/mol. The topological polar surface area (TPSA) is 613 Å². The Kier molecular flexibility index (Phi) is 27.1. The standard InChI is InChI=1S/C14H18FN7O4.C14H15N3O4.C12H17FN6O3.C11H14ClFN2O4.C11H14F2N6O3/c1-3-25-12-9-11(19-7(2)20-12)22(6-17-9)13-8(15)10(24)14(5-23,26-13)4-18-21-16;1-2-14(20)11(19)10(7-18)21-13(14)17-6-4-8-9(15)3-5-16-12(8)17;1-7-17-8(15-2)3-4-19(7)11-9(13)10(21)12(6-20,22-11)5-16-18-14;1-6-14-7(17)3-4-15(6)9-10(2,12)8(18)11(13,5-16)19-9;1-5-17-9(14)6(12)2-19(5)10-7(13)8(21)11(4-20,22-10)3-16-18-15/h6,8,10,13,23-24H,3-5H2,1-2H3;1,3-6,10-11,13,18-20H,7H2,(H2,15,16);3-4,9-11,20-21H,1,5-6H2,2H3,(H,15,17);3-4,8-9,16,18H,1,5H2,2H3,(H,14,17);2,7-8,10,20-21H,1,3-4H2,(H2,14,17)/t8-,10+,13-,14-;10-,11-,13-,14-;9-,10+,11-,12-;8-,9+,10+,11+;7-,8+,10-,11-/m11101/s1.